The minimum atomic E-state index is -0.693. The van der Waals surface area contributed by atoms with Crippen molar-refractivity contribution in [3.05, 3.63) is 0 Å². The second-order valence-corrected chi connectivity index (χ2v) is 1.50. The van der Waals surface area contributed by atoms with Gasteiger partial charge < -0.3 is 6.53 Å². The summed E-state index contributed by atoms with van der Waals surface area (Å²) in [5.74, 6) is -0.693. The minimum absolute atomic E-state index is 0. The molecule has 0 spiro atoms. The number of carboxylic acids is 1. The Hall–Kier alpha value is 1.28. The number of unbranched alkanes of at least 4 members (excludes halogenated alkanes) is 1. The van der Waals surface area contributed by atoms with Crippen molar-refractivity contribution in [1.82, 2.24) is 0 Å². The zero-order valence-corrected chi connectivity index (χ0v) is 10.4. The Balaban J connectivity index is -0.000000180. The van der Waals surface area contributed by atoms with Crippen molar-refractivity contribution in [1.29, 1.82) is 0 Å². The standard InChI is InChI=1S/C5H10O2.Rb.H/c1-2-3-4-5(6)7;;/h2-4H2,1H3,(H,6,7);;/q;+1;-1. The van der Waals surface area contributed by atoms with E-state index in [0.717, 1.165) is 12.8 Å². The quantitative estimate of drug-likeness (QED) is 0.578. The van der Waals surface area contributed by atoms with Gasteiger partial charge in [-0.05, 0) is 6.42 Å². The molecule has 0 aromatic carbocycles. The smallest absolute Gasteiger partial charge is 1.00 e. The molecule has 3 heteroatoms. The number of carbonyl (C=O) groups is 1. The predicted molar refractivity (Wildman–Crippen MR) is 28.3 cm³/mol. The van der Waals surface area contributed by atoms with Gasteiger partial charge in [-0.3, -0.25) is 4.79 Å². The van der Waals surface area contributed by atoms with Gasteiger partial charge in [-0.15, -0.1) is 0 Å². The molecule has 0 aliphatic heterocycles. The molecule has 0 amide bonds. The van der Waals surface area contributed by atoms with Crippen LogP contribution in [0, 0.1) is 0 Å². The van der Waals surface area contributed by atoms with E-state index in [1.54, 1.807) is 0 Å². The molecule has 0 rings (SSSR count). The van der Waals surface area contributed by atoms with Crippen molar-refractivity contribution in [2.45, 2.75) is 26.2 Å². The molecule has 0 bridgehead atoms. The zero-order valence-electron chi connectivity index (χ0n) is 6.48. The molecule has 0 fully saturated rings. The third kappa shape index (κ3) is 10.3. The third-order valence-electron chi connectivity index (χ3n) is 0.744. The van der Waals surface area contributed by atoms with Crippen LogP contribution in [0.5, 0.6) is 0 Å². The number of carboxylic acid groups (broad SMARTS) is 1. The first kappa shape index (κ1) is 12.0. The Morgan fingerprint density at radius 2 is 2.25 bits per heavy atom. The maximum absolute atomic E-state index is 9.76. The second kappa shape index (κ2) is 8.28. The van der Waals surface area contributed by atoms with Gasteiger partial charge >= 0.3 is 64.2 Å². The number of rotatable bonds is 3. The average Bonchev–Trinajstić information content (AvgIpc) is 1.61. The summed E-state index contributed by atoms with van der Waals surface area (Å²) >= 11 is 0. The second-order valence-electron chi connectivity index (χ2n) is 1.50. The van der Waals surface area contributed by atoms with E-state index in [1.165, 1.54) is 0 Å². The first-order valence-electron chi connectivity index (χ1n) is 2.49. The van der Waals surface area contributed by atoms with Crippen LogP contribution in [0.15, 0.2) is 0 Å². The minimum Gasteiger partial charge on any atom is -1.00 e. The average molecular weight is 189 g/mol. The summed E-state index contributed by atoms with van der Waals surface area (Å²) in [6, 6.07) is 0. The van der Waals surface area contributed by atoms with Crippen molar-refractivity contribution >= 4 is 5.97 Å². The number of hydrogen-bond donors (Lipinski definition) is 1. The van der Waals surface area contributed by atoms with Crippen molar-refractivity contribution in [3.8, 4) is 0 Å². The molecule has 0 saturated carbocycles. The Labute approximate surface area is 99.9 Å². The molecule has 0 heterocycles. The van der Waals surface area contributed by atoms with Crippen LogP contribution in [0.25, 0.3) is 0 Å². The molecule has 1 N–H and O–H groups in total. The van der Waals surface area contributed by atoms with E-state index < -0.39 is 5.97 Å². The van der Waals surface area contributed by atoms with Crippen LogP contribution in [0.3, 0.4) is 0 Å². The van der Waals surface area contributed by atoms with Gasteiger partial charge in [0.2, 0.25) is 0 Å². The molecule has 0 unspecified atom stereocenters. The summed E-state index contributed by atoms with van der Waals surface area (Å²) in [6.45, 7) is 1.98. The monoisotopic (exact) mass is 188 g/mol. The molecule has 0 radical (unpaired) electrons. The van der Waals surface area contributed by atoms with Crippen LogP contribution in [-0.2, 0) is 4.79 Å². The van der Waals surface area contributed by atoms with E-state index in [4.69, 9.17) is 5.11 Å². The fourth-order valence-corrected chi connectivity index (χ4v) is 0.328. The van der Waals surface area contributed by atoms with Crippen LogP contribution in [0.1, 0.15) is 27.6 Å². The molecule has 0 aliphatic carbocycles. The molecule has 0 aromatic heterocycles. The Morgan fingerprint density at radius 1 is 1.75 bits per heavy atom. The normalized spacial score (nSPS) is 7.62. The fraction of sp³-hybridized carbons (Fsp3) is 0.800. The summed E-state index contributed by atoms with van der Waals surface area (Å²) in [5.41, 5.74) is 0. The molecule has 2 nitrogen and oxygen atoms in total. The van der Waals surface area contributed by atoms with Gasteiger partial charge in [-0.2, -0.15) is 0 Å². The van der Waals surface area contributed by atoms with Gasteiger partial charge in [-0.1, -0.05) is 13.3 Å². The molecule has 0 atom stereocenters. The fourth-order valence-electron chi connectivity index (χ4n) is 0.328. The number of hydrogen-bond acceptors (Lipinski definition) is 1. The van der Waals surface area contributed by atoms with E-state index in [0.29, 0.717) is 6.42 Å². The van der Waals surface area contributed by atoms with E-state index in [2.05, 4.69) is 0 Å². The summed E-state index contributed by atoms with van der Waals surface area (Å²) in [4.78, 5) is 9.76. The van der Waals surface area contributed by atoms with Crippen molar-refractivity contribution in [2.75, 3.05) is 0 Å². The first-order chi connectivity index (χ1) is 3.27. The van der Waals surface area contributed by atoms with E-state index in [1.807, 2.05) is 6.92 Å². The Bertz CT molecular complexity index is 68.0. The molecule has 8 heavy (non-hydrogen) atoms. The molecule has 0 saturated heterocycles. The van der Waals surface area contributed by atoms with Crippen LogP contribution < -0.4 is 58.2 Å². The Morgan fingerprint density at radius 3 is 2.38 bits per heavy atom. The van der Waals surface area contributed by atoms with Gasteiger partial charge in [0.1, 0.15) is 0 Å². The third-order valence-corrected chi connectivity index (χ3v) is 0.744. The van der Waals surface area contributed by atoms with E-state index in [9.17, 15) is 4.79 Å². The number of aliphatic carboxylic acids is 1. The van der Waals surface area contributed by atoms with Crippen molar-refractivity contribution in [3.63, 3.8) is 0 Å². The summed E-state index contributed by atoms with van der Waals surface area (Å²) in [6.07, 6.45) is 2.08. The van der Waals surface area contributed by atoms with Gasteiger partial charge in [0.15, 0.2) is 0 Å². The van der Waals surface area contributed by atoms with Gasteiger partial charge in [0.25, 0.3) is 0 Å². The zero-order chi connectivity index (χ0) is 5.70. The molecule has 0 aliphatic rings. The van der Waals surface area contributed by atoms with Gasteiger partial charge in [0, 0.05) is 6.42 Å². The largest absolute Gasteiger partial charge is 1.00 e. The van der Waals surface area contributed by atoms with Crippen LogP contribution in [0.4, 0.5) is 0 Å². The van der Waals surface area contributed by atoms with Crippen LogP contribution in [0.2, 0.25) is 0 Å². The summed E-state index contributed by atoms with van der Waals surface area (Å²) in [5, 5.41) is 8.04. The van der Waals surface area contributed by atoms with Crippen LogP contribution in [-0.4, -0.2) is 11.1 Å². The molecule has 0 aromatic rings. The molecular formula is C5H11O2Rb. The topological polar surface area (TPSA) is 37.3 Å². The maximum atomic E-state index is 9.76. The summed E-state index contributed by atoms with van der Waals surface area (Å²) < 4.78 is 0. The SMILES string of the molecule is CCCCC(=O)O.[H-].[Rb+]. The van der Waals surface area contributed by atoms with Crippen molar-refractivity contribution in [2.24, 2.45) is 0 Å². The van der Waals surface area contributed by atoms with Crippen LogP contribution >= 0.6 is 0 Å². The molecule has 44 valence electrons. The van der Waals surface area contributed by atoms with E-state index >= 15 is 0 Å². The Kier molecular flexibility index (Phi) is 12.4. The molecular weight excluding hydrogens is 178 g/mol. The predicted octanol–water partition coefficient (Wildman–Crippen LogP) is -1.62. The van der Waals surface area contributed by atoms with Crippen molar-refractivity contribution < 1.29 is 69.5 Å². The summed E-state index contributed by atoms with van der Waals surface area (Å²) in [7, 11) is 0. The van der Waals surface area contributed by atoms with Gasteiger partial charge in [0.05, 0.1) is 0 Å². The maximum Gasteiger partial charge on any atom is 1.00 e. The van der Waals surface area contributed by atoms with E-state index in [-0.39, 0.29) is 59.6 Å². The first-order valence-corrected chi connectivity index (χ1v) is 2.49. The van der Waals surface area contributed by atoms with Gasteiger partial charge in [-0.25, -0.2) is 0 Å².